The number of hydrogen-bond donors (Lipinski definition) is 4. The van der Waals surface area contributed by atoms with Crippen molar-refractivity contribution in [1.29, 1.82) is 0 Å². The van der Waals surface area contributed by atoms with E-state index in [-0.39, 0.29) is 36.6 Å². The lowest BCUT2D eigenvalue weighted by atomic mass is 10.2. The van der Waals surface area contributed by atoms with Crippen LogP contribution in [-0.2, 0) is 9.59 Å². The Labute approximate surface area is 133 Å². The van der Waals surface area contributed by atoms with E-state index in [1.165, 1.54) is 0 Å². The molecule has 6 N–H and O–H groups in total. The summed E-state index contributed by atoms with van der Waals surface area (Å²) in [5, 5.41) is 5.63. The lowest BCUT2D eigenvalue weighted by Gasteiger charge is -2.06. The zero-order chi connectivity index (χ0) is 13.6. The Morgan fingerprint density at radius 2 is 1.05 bits per heavy atom. The Bertz CT molecular complexity index is 219. The van der Waals surface area contributed by atoms with Gasteiger partial charge >= 0.3 is 0 Å². The molecule has 0 aliphatic rings. The highest BCUT2D eigenvalue weighted by molar-refractivity contribution is 5.85. The minimum Gasteiger partial charge on any atom is -0.356 e. The van der Waals surface area contributed by atoms with Crippen molar-refractivity contribution < 1.29 is 9.59 Å². The van der Waals surface area contributed by atoms with Crippen molar-refractivity contribution in [2.24, 2.45) is 11.5 Å². The number of unbranched alkanes of at least 4 members (excludes halogenated alkanes) is 1. The van der Waals surface area contributed by atoms with Gasteiger partial charge in [-0.25, -0.2) is 0 Å². The molecule has 122 valence electrons. The average Bonchev–Trinajstić information content (AvgIpc) is 2.37. The Balaban J connectivity index is -0.00000144. The molecule has 0 aliphatic heterocycles. The fraction of sp³-hybridized carbons (Fsp3) is 0.833. The average molecular weight is 331 g/mol. The molecule has 0 aromatic carbocycles. The first kappa shape index (κ1) is 24.5. The minimum absolute atomic E-state index is 0. The molecule has 2 amide bonds. The summed E-state index contributed by atoms with van der Waals surface area (Å²) in [4.78, 5) is 22.4. The Morgan fingerprint density at radius 1 is 0.700 bits per heavy atom. The van der Waals surface area contributed by atoms with Crippen molar-refractivity contribution in [2.45, 2.75) is 38.5 Å². The number of carbonyl (C=O) groups excluding carboxylic acids is 2. The highest BCUT2D eigenvalue weighted by Crippen LogP contribution is 1.90. The summed E-state index contributed by atoms with van der Waals surface area (Å²) >= 11 is 0. The third-order valence-corrected chi connectivity index (χ3v) is 2.46. The maximum atomic E-state index is 11.2. The van der Waals surface area contributed by atoms with Crippen LogP contribution in [0.15, 0.2) is 0 Å². The van der Waals surface area contributed by atoms with E-state index in [9.17, 15) is 9.59 Å². The van der Waals surface area contributed by atoms with Crippen LogP contribution in [0.25, 0.3) is 0 Å². The molecule has 0 aromatic rings. The SMILES string of the molecule is Cl.Cl.NCCCC(=O)NCCCCNC(=O)CCCN. The van der Waals surface area contributed by atoms with E-state index in [0.29, 0.717) is 39.0 Å². The Hall–Kier alpha value is -0.560. The van der Waals surface area contributed by atoms with Crippen molar-refractivity contribution in [3.05, 3.63) is 0 Å². The fourth-order valence-corrected chi connectivity index (χ4v) is 1.41. The van der Waals surface area contributed by atoms with Crippen LogP contribution in [0.5, 0.6) is 0 Å². The molecule has 6 nitrogen and oxygen atoms in total. The number of hydrogen-bond acceptors (Lipinski definition) is 4. The van der Waals surface area contributed by atoms with Crippen molar-refractivity contribution in [3.8, 4) is 0 Å². The van der Waals surface area contributed by atoms with E-state index in [2.05, 4.69) is 10.6 Å². The van der Waals surface area contributed by atoms with Crippen LogP contribution in [0.4, 0.5) is 0 Å². The molecule has 0 fully saturated rings. The summed E-state index contributed by atoms with van der Waals surface area (Å²) in [6, 6.07) is 0. The van der Waals surface area contributed by atoms with Gasteiger partial charge in [-0.1, -0.05) is 0 Å². The van der Waals surface area contributed by atoms with Crippen LogP contribution in [-0.4, -0.2) is 38.0 Å². The summed E-state index contributed by atoms with van der Waals surface area (Å²) in [6.07, 6.45) is 4.17. The number of amides is 2. The zero-order valence-electron chi connectivity index (χ0n) is 11.9. The predicted molar refractivity (Wildman–Crippen MR) is 86.3 cm³/mol. The lowest BCUT2D eigenvalue weighted by molar-refractivity contribution is -0.122. The van der Waals surface area contributed by atoms with Crippen molar-refractivity contribution in [2.75, 3.05) is 26.2 Å². The standard InChI is InChI=1S/C12H26N4O2.2ClH/c13-7-3-5-11(17)15-9-1-2-10-16-12(18)6-4-8-14;;/h1-10,13-14H2,(H,15,17)(H,16,18);2*1H. The minimum atomic E-state index is 0. The largest absolute Gasteiger partial charge is 0.356 e. The van der Waals surface area contributed by atoms with Gasteiger partial charge in [0.1, 0.15) is 0 Å². The van der Waals surface area contributed by atoms with Gasteiger partial charge in [0.15, 0.2) is 0 Å². The number of carbonyl (C=O) groups is 2. The first-order valence-electron chi connectivity index (χ1n) is 6.64. The predicted octanol–water partition coefficient (Wildman–Crippen LogP) is 0.320. The third-order valence-electron chi connectivity index (χ3n) is 2.46. The first-order valence-corrected chi connectivity index (χ1v) is 6.64. The summed E-state index contributed by atoms with van der Waals surface area (Å²) < 4.78 is 0. The van der Waals surface area contributed by atoms with E-state index in [1.807, 2.05) is 0 Å². The lowest BCUT2D eigenvalue weighted by Crippen LogP contribution is -2.27. The maximum Gasteiger partial charge on any atom is 0.220 e. The number of halogens is 2. The second-order valence-electron chi connectivity index (χ2n) is 4.19. The molecular weight excluding hydrogens is 303 g/mol. The Morgan fingerprint density at radius 3 is 1.35 bits per heavy atom. The summed E-state index contributed by atoms with van der Waals surface area (Å²) in [5.41, 5.74) is 10.6. The van der Waals surface area contributed by atoms with E-state index < -0.39 is 0 Å². The van der Waals surface area contributed by atoms with Gasteiger partial charge in [-0.15, -0.1) is 24.8 Å². The third kappa shape index (κ3) is 17.4. The van der Waals surface area contributed by atoms with Crippen LogP contribution in [0.2, 0.25) is 0 Å². The zero-order valence-corrected chi connectivity index (χ0v) is 13.5. The summed E-state index contributed by atoms with van der Waals surface area (Å²) in [7, 11) is 0. The second kappa shape index (κ2) is 18.4. The van der Waals surface area contributed by atoms with Gasteiger partial charge in [0.25, 0.3) is 0 Å². The van der Waals surface area contributed by atoms with Crippen LogP contribution < -0.4 is 22.1 Å². The van der Waals surface area contributed by atoms with Gasteiger partial charge < -0.3 is 22.1 Å². The maximum absolute atomic E-state index is 11.2. The molecule has 0 spiro atoms. The molecule has 0 radical (unpaired) electrons. The molecule has 0 saturated heterocycles. The number of rotatable bonds is 11. The van der Waals surface area contributed by atoms with E-state index in [1.54, 1.807) is 0 Å². The Kier molecular flexibility index (Phi) is 22.5. The normalized spacial score (nSPS) is 9.10. The van der Waals surface area contributed by atoms with E-state index >= 15 is 0 Å². The van der Waals surface area contributed by atoms with E-state index in [4.69, 9.17) is 11.5 Å². The van der Waals surface area contributed by atoms with Gasteiger partial charge in [0, 0.05) is 25.9 Å². The molecule has 20 heavy (non-hydrogen) atoms. The first-order chi connectivity index (χ1) is 8.70. The highest BCUT2D eigenvalue weighted by atomic mass is 35.5. The molecule has 0 atom stereocenters. The summed E-state index contributed by atoms with van der Waals surface area (Å²) in [5.74, 6) is 0.0971. The van der Waals surface area contributed by atoms with Gasteiger partial charge in [0.05, 0.1) is 0 Å². The molecule has 0 rings (SSSR count). The number of nitrogens with two attached hydrogens (primary N) is 2. The van der Waals surface area contributed by atoms with Gasteiger partial charge in [0.2, 0.25) is 11.8 Å². The van der Waals surface area contributed by atoms with Crippen LogP contribution >= 0.6 is 24.8 Å². The summed E-state index contributed by atoms with van der Waals surface area (Å²) in [6.45, 7) is 2.40. The van der Waals surface area contributed by atoms with Crippen molar-refractivity contribution in [3.63, 3.8) is 0 Å². The second-order valence-corrected chi connectivity index (χ2v) is 4.19. The molecular formula is C12H28Cl2N4O2. The van der Waals surface area contributed by atoms with Crippen molar-refractivity contribution in [1.82, 2.24) is 10.6 Å². The quantitative estimate of drug-likeness (QED) is 0.409. The molecule has 0 aromatic heterocycles. The molecule has 0 unspecified atom stereocenters. The topological polar surface area (TPSA) is 110 Å². The molecule has 0 heterocycles. The van der Waals surface area contributed by atoms with Gasteiger partial charge in [-0.3, -0.25) is 9.59 Å². The highest BCUT2D eigenvalue weighted by Gasteiger charge is 2.00. The fourth-order valence-electron chi connectivity index (χ4n) is 1.41. The van der Waals surface area contributed by atoms with Crippen LogP contribution in [0.3, 0.4) is 0 Å². The molecule has 0 aliphatic carbocycles. The van der Waals surface area contributed by atoms with Crippen LogP contribution in [0, 0.1) is 0 Å². The van der Waals surface area contributed by atoms with Crippen LogP contribution in [0.1, 0.15) is 38.5 Å². The van der Waals surface area contributed by atoms with Crippen molar-refractivity contribution >= 4 is 36.6 Å². The number of nitrogens with one attached hydrogen (secondary N) is 2. The van der Waals surface area contributed by atoms with Gasteiger partial charge in [-0.05, 0) is 38.8 Å². The molecule has 8 heteroatoms. The monoisotopic (exact) mass is 330 g/mol. The molecule has 0 bridgehead atoms. The van der Waals surface area contributed by atoms with Gasteiger partial charge in [-0.2, -0.15) is 0 Å². The molecule has 0 saturated carbocycles. The smallest absolute Gasteiger partial charge is 0.220 e. The van der Waals surface area contributed by atoms with E-state index in [0.717, 1.165) is 25.7 Å².